The van der Waals surface area contributed by atoms with Crippen LogP contribution in [0.4, 0.5) is 17.1 Å². The van der Waals surface area contributed by atoms with E-state index < -0.39 is 0 Å². The molecule has 4 heterocycles. The predicted octanol–water partition coefficient (Wildman–Crippen LogP) is 10.6. The second-order valence-electron chi connectivity index (χ2n) is 11.5. The van der Waals surface area contributed by atoms with E-state index in [-0.39, 0.29) is 5.41 Å². The number of nitrogens with zero attached hydrogens (tertiary/aromatic N) is 2. The maximum Gasteiger partial charge on any atom is 0.116 e. The number of benzene rings is 5. The summed E-state index contributed by atoms with van der Waals surface area (Å²) in [5.74, 6) is 0. The van der Waals surface area contributed by atoms with Gasteiger partial charge in [0.05, 0.1) is 33.0 Å². The van der Waals surface area contributed by atoms with Crippen molar-refractivity contribution in [3.05, 3.63) is 133 Å². The minimum atomic E-state index is -0.0602. The number of hydrogen-bond acceptors (Lipinski definition) is 3. The molecule has 0 saturated heterocycles. The van der Waals surface area contributed by atoms with Gasteiger partial charge in [0.25, 0.3) is 0 Å². The Hall–Kier alpha value is -4.67. The number of fused-ring (bicyclic) bond motifs is 7. The SMILES string of the molecule is CC1(C)c2ccccc2N(c2ccc(-c3ccc4c(c3)c3cccc5c3n4-c3cocc3S5)cc2)c2ccccc21. The van der Waals surface area contributed by atoms with E-state index in [1.54, 1.807) is 11.8 Å². The largest absolute Gasteiger partial charge is 0.469 e. The van der Waals surface area contributed by atoms with E-state index in [0.29, 0.717) is 0 Å². The number of para-hydroxylation sites is 3. The van der Waals surface area contributed by atoms with Gasteiger partial charge >= 0.3 is 0 Å². The molecular formula is C37H26N2OS. The van der Waals surface area contributed by atoms with Gasteiger partial charge in [0, 0.05) is 26.8 Å². The first-order valence-corrected chi connectivity index (χ1v) is 14.8. The third-order valence-corrected chi connectivity index (χ3v) is 9.99. The Morgan fingerprint density at radius 2 is 1.32 bits per heavy atom. The van der Waals surface area contributed by atoms with Gasteiger partial charge < -0.3 is 13.9 Å². The summed E-state index contributed by atoms with van der Waals surface area (Å²) in [5, 5.41) is 2.54. The Kier molecular flexibility index (Phi) is 4.61. The van der Waals surface area contributed by atoms with Gasteiger partial charge in [-0.05, 0) is 64.7 Å². The lowest BCUT2D eigenvalue weighted by molar-refractivity contribution is 0.561. The predicted molar refractivity (Wildman–Crippen MR) is 169 cm³/mol. The van der Waals surface area contributed by atoms with Gasteiger partial charge in [-0.15, -0.1) is 0 Å². The zero-order valence-electron chi connectivity index (χ0n) is 22.8. The molecule has 3 nitrogen and oxygen atoms in total. The van der Waals surface area contributed by atoms with E-state index in [0.717, 1.165) is 10.6 Å². The summed E-state index contributed by atoms with van der Waals surface area (Å²) in [5.41, 5.74) is 12.3. The summed E-state index contributed by atoms with van der Waals surface area (Å²) in [4.78, 5) is 4.84. The summed E-state index contributed by atoms with van der Waals surface area (Å²) in [7, 11) is 0. The van der Waals surface area contributed by atoms with Gasteiger partial charge in [0.15, 0.2) is 0 Å². The minimum Gasteiger partial charge on any atom is -0.469 e. The molecule has 0 bridgehead atoms. The molecule has 0 amide bonds. The molecule has 4 heteroatoms. The zero-order valence-corrected chi connectivity index (χ0v) is 23.6. The van der Waals surface area contributed by atoms with Crippen molar-refractivity contribution in [2.75, 3.05) is 4.90 Å². The van der Waals surface area contributed by atoms with Crippen molar-refractivity contribution < 1.29 is 4.42 Å². The summed E-state index contributed by atoms with van der Waals surface area (Å²) >= 11 is 1.78. The third kappa shape index (κ3) is 3.11. The van der Waals surface area contributed by atoms with Gasteiger partial charge in [0.2, 0.25) is 0 Å². The molecule has 0 N–H and O–H groups in total. The fourth-order valence-corrected chi connectivity index (χ4v) is 7.97. The van der Waals surface area contributed by atoms with Crippen molar-refractivity contribution in [2.45, 2.75) is 29.1 Å². The van der Waals surface area contributed by atoms with Gasteiger partial charge in [-0.3, -0.25) is 0 Å². The van der Waals surface area contributed by atoms with Crippen molar-refractivity contribution in [2.24, 2.45) is 0 Å². The van der Waals surface area contributed by atoms with Crippen LogP contribution in [0.25, 0.3) is 38.6 Å². The molecule has 196 valence electrons. The lowest BCUT2D eigenvalue weighted by Gasteiger charge is -2.42. The van der Waals surface area contributed by atoms with Crippen LogP contribution < -0.4 is 4.90 Å². The monoisotopic (exact) mass is 546 g/mol. The van der Waals surface area contributed by atoms with Crippen molar-refractivity contribution in [3.8, 4) is 16.8 Å². The standard InChI is InChI=1S/C37H26N2OS/c1-37(2)28-9-3-5-11-31(28)38(32-12-6-4-10-29(32)37)25-17-14-23(15-18-25)24-16-19-30-27(20-24)26-8-7-13-34-36(26)39(30)33-21-40-22-35(33)41-34/h3-22H,1-2H3. The van der Waals surface area contributed by atoms with Crippen LogP contribution in [0.1, 0.15) is 25.0 Å². The van der Waals surface area contributed by atoms with E-state index >= 15 is 0 Å². The van der Waals surface area contributed by atoms with Crippen LogP contribution >= 0.6 is 11.8 Å². The fraction of sp³-hybridized carbons (Fsp3) is 0.0811. The molecule has 2 aromatic heterocycles. The molecule has 5 aromatic carbocycles. The molecule has 0 radical (unpaired) electrons. The van der Waals surface area contributed by atoms with E-state index in [1.807, 2.05) is 12.5 Å². The lowest BCUT2D eigenvalue weighted by Crippen LogP contribution is -2.30. The number of rotatable bonds is 2. The molecule has 2 aliphatic heterocycles. The number of hydrogen-bond donors (Lipinski definition) is 0. The highest BCUT2D eigenvalue weighted by atomic mass is 32.2. The number of anilines is 3. The minimum absolute atomic E-state index is 0.0602. The number of furan rings is 1. The van der Waals surface area contributed by atoms with Crippen LogP contribution in [-0.2, 0) is 5.41 Å². The van der Waals surface area contributed by atoms with Crippen LogP contribution in [0.15, 0.2) is 136 Å². The molecule has 0 aliphatic carbocycles. The lowest BCUT2D eigenvalue weighted by atomic mass is 9.73. The second kappa shape index (κ2) is 8.18. The smallest absolute Gasteiger partial charge is 0.116 e. The van der Waals surface area contributed by atoms with Crippen LogP contribution in [0.5, 0.6) is 0 Å². The highest BCUT2D eigenvalue weighted by Gasteiger charge is 2.36. The highest BCUT2D eigenvalue weighted by Crippen LogP contribution is 2.52. The van der Waals surface area contributed by atoms with E-state index in [1.165, 1.54) is 66.0 Å². The molecule has 0 saturated carbocycles. The van der Waals surface area contributed by atoms with Crippen LogP contribution in [0, 0.1) is 0 Å². The third-order valence-electron chi connectivity index (χ3n) is 8.91. The van der Waals surface area contributed by atoms with E-state index in [4.69, 9.17) is 4.42 Å². The normalized spacial score (nSPS) is 14.6. The summed E-state index contributed by atoms with van der Waals surface area (Å²) in [6.07, 6.45) is 3.71. The first-order chi connectivity index (χ1) is 20.1. The average Bonchev–Trinajstić information content (AvgIpc) is 3.61. The Balaban J connectivity index is 1.17. The topological polar surface area (TPSA) is 21.3 Å². The fourth-order valence-electron chi connectivity index (χ4n) is 6.94. The molecular weight excluding hydrogens is 520 g/mol. The van der Waals surface area contributed by atoms with Crippen molar-refractivity contribution in [1.29, 1.82) is 0 Å². The summed E-state index contributed by atoms with van der Waals surface area (Å²) in [6, 6.07) is 40.1. The van der Waals surface area contributed by atoms with Gasteiger partial charge in [-0.25, -0.2) is 0 Å². The molecule has 0 unspecified atom stereocenters. The van der Waals surface area contributed by atoms with Crippen LogP contribution in [0.2, 0.25) is 0 Å². The summed E-state index contributed by atoms with van der Waals surface area (Å²) < 4.78 is 7.97. The maximum absolute atomic E-state index is 5.61. The van der Waals surface area contributed by atoms with Crippen LogP contribution in [0.3, 0.4) is 0 Å². The van der Waals surface area contributed by atoms with Gasteiger partial charge in [-0.1, -0.05) is 92.3 Å². The van der Waals surface area contributed by atoms with E-state index in [9.17, 15) is 0 Å². The zero-order chi connectivity index (χ0) is 27.3. The molecule has 0 fully saturated rings. The van der Waals surface area contributed by atoms with Crippen molar-refractivity contribution in [3.63, 3.8) is 0 Å². The Morgan fingerprint density at radius 3 is 2.07 bits per heavy atom. The average molecular weight is 547 g/mol. The molecule has 7 aromatic rings. The van der Waals surface area contributed by atoms with Crippen molar-refractivity contribution in [1.82, 2.24) is 4.57 Å². The molecule has 2 aliphatic rings. The molecule has 0 atom stereocenters. The van der Waals surface area contributed by atoms with E-state index in [2.05, 4.69) is 133 Å². The van der Waals surface area contributed by atoms with Crippen LogP contribution in [-0.4, -0.2) is 4.57 Å². The summed E-state index contributed by atoms with van der Waals surface area (Å²) in [6.45, 7) is 4.66. The number of aromatic nitrogens is 1. The quantitative estimate of drug-likeness (QED) is 0.215. The van der Waals surface area contributed by atoms with Crippen molar-refractivity contribution >= 4 is 50.6 Å². The Morgan fingerprint density at radius 1 is 0.610 bits per heavy atom. The maximum atomic E-state index is 5.61. The Labute approximate surface area is 242 Å². The first-order valence-electron chi connectivity index (χ1n) is 14.0. The first kappa shape index (κ1) is 23.1. The second-order valence-corrected chi connectivity index (χ2v) is 12.6. The molecule has 41 heavy (non-hydrogen) atoms. The highest BCUT2D eigenvalue weighted by molar-refractivity contribution is 7.99. The van der Waals surface area contributed by atoms with Gasteiger partial charge in [-0.2, -0.15) is 0 Å². The molecule has 0 spiro atoms. The Bertz CT molecular complexity index is 2120. The molecule has 9 rings (SSSR count). The van der Waals surface area contributed by atoms with Gasteiger partial charge in [0.1, 0.15) is 12.5 Å².